The maximum absolute atomic E-state index is 12.2. The van der Waals surface area contributed by atoms with E-state index in [1.165, 1.54) is 0 Å². The van der Waals surface area contributed by atoms with Gasteiger partial charge >= 0.3 is 0 Å². The van der Waals surface area contributed by atoms with Crippen molar-refractivity contribution in [2.24, 2.45) is 0 Å². The summed E-state index contributed by atoms with van der Waals surface area (Å²) in [6, 6.07) is 7.54. The smallest absolute Gasteiger partial charge is 0.254 e. The molecule has 2 aromatic rings. The fourth-order valence-electron chi connectivity index (χ4n) is 2.05. The van der Waals surface area contributed by atoms with Crippen molar-refractivity contribution in [3.63, 3.8) is 0 Å². The molecule has 3 rings (SSSR count). The van der Waals surface area contributed by atoms with Crippen molar-refractivity contribution >= 4 is 5.91 Å². The van der Waals surface area contributed by atoms with E-state index in [1.54, 1.807) is 17.3 Å². The maximum Gasteiger partial charge on any atom is 0.254 e. The first-order valence-electron chi connectivity index (χ1n) is 5.89. The van der Waals surface area contributed by atoms with Gasteiger partial charge in [-0.05, 0) is 12.1 Å². The molecule has 0 radical (unpaired) electrons. The average molecular weight is 239 g/mol. The summed E-state index contributed by atoms with van der Waals surface area (Å²) < 4.78 is 0. The number of aromatic amines is 1. The minimum atomic E-state index is 0.0633. The predicted molar refractivity (Wildman–Crippen MR) is 69.1 cm³/mol. The van der Waals surface area contributed by atoms with Crippen LogP contribution in [0.5, 0.6) is 0 Å². The van der Waals surface area contributed by atoms with Crippen LogP contribution in [0.2, 0.25) is 0 Å². The molecule has 1 aromatic heterocycles. The van der Waals surface area contributed by atoms with Gasteiger partial charge in [-0.25, -0.2) is 4.98 Å². The molecule has 90 valence electrons. The number of hydrogen-bond donors (Lipinski definition) is 1. The highest BCUT2D eigenvalue weighted by Gasteiger charge is 2.16. The van der Waals surface area contributed by atoms with Crippen LogP contribution in [0.1, 0.15) is 10.4 Å². The third-order valence-corrected chi connectivity index (χ3v) is 2.99. The first-order chi connectivity index (χ1) is 8.84. The lowest BCUT2D eigenvalue weighted by Crippen LogP contribution is -2.28. The van der Waals surface area contributed by atoms with Gasteiger partial charge in [-0.3, -0.25) is 4.79 Å². The molecule has 0 aliphatic carbocycles. The standard InChI is InChI=1S/C14H13N3O/c18-14(17-8-1-2-9-17)12-5-3-4-11(10-12)13-15-6-7-16-13/h1-7,10H,8-9H2,(H,15,16). The normalized spacial score (nSPS) is 14.1. The first kappa shape index (κ1) is 10.8. The Hall–Kier alpha value is -2.36. The molecule has 0 bridgehead atoms. The second-order valence-corrected chi connectivity index (χ2v) is 4.20. The number of hydrogen-bond acceptors (Lipinski definition) is 2. The first-order valence-corrected chi connectivity index (χ1v) is 5.89. The van der Waals surface area contributed by atoms with Gasteiger partial charge in [-0.2, -0.15) is 0 Å². The van der Waals surface area contributed by atoms with Gasteiger partial charge in [0.2, 0.25) is 0 Å². The molecular weight excluding hydrogens is 226 g/mol. The van der Waals surface area contributed by atoms with Crippen LogP contribution in [0.15, 0.2) is 48.8 Å². The van der Waals surface area contributed by atoms with E-state index in [0.29, 0.717) is 18.7 Å². The van der Waals surface area contributed by atoms with E-state index in [4.69, 9.17) is 0 Å². The Labute approximate surface area is 105 Å². The van der Waals surface area contributed by atoms with E-state index in [9.17, 15) is 4.79 Å². The zero-order valence-electron chi connectivity index (χ0n) is 9.84. The third kappa shape index (κ3) is 1.93. The molecule has 0 fully saturated rings. The van der Waals surface area contributed by atoms with Crippen LogP contribution in [-0.4, -0.2) is 33.9 Å². The number of nitrogens with zero attached hydrogens (tertiary/aromatic N) is 2. The van der Waals surface area contributed by atoms with Crippen LogP contribution in [0.25, 0.3) is 11.4 Å². The number of carbonyl (C=O) groups excluding carboxylic acids is 1. The van der Waals surface area contributed by atoms with Crippen molar-refractivity contribution in [1.82, 2.24) is 14.9 Å². The van der Waals surface area contributed by atoms with Gasteiger partial charge in [-0.1, -0.05) is 24.3 Å². The molecule has 2 heterocycles. The molecule has 1 N–H and O–H groups in total. The molecule has 4 heteroatoms. The molecule has 1 aliphatic rings. The summed E-state index contributed by atoms with van der Waals surface area (Å²) in [5.74, 6) is 0.845. The Kier molecular flexibility index (Phi) is 2.68. The van der Waals surface area contributed by atoms with Gasteiger partial charge in [0.05, 0.1) is 0 Å². The summed E-state index contributed by atoms with van der Waals surface area (Å²) in [5, 5.41) is 0. The molecule has 0 atom stereocenters. The van der Waals surface area contributed by atoms with E-state index >= 15 is 0 Å². The molecule has 1 aliphatic heterocycles. The fourth-order valence-corrected chi connectivity index (χ4v) is 2.05. The van der Waals surface area contributed by atoms with Crippen LogP contribution in [0.4, 0.5) is 0 Å². The number of carbonyl (C=O) groups is 1. The van der Waals surface area contributed by atoms with Crippen molar-refractivity contribution < 1.29 is 4.79 Å². The van der Waals surface area contributed by atoms with Crippen molar-refractivity contribution in [1.29, 1.82) is 0 Å². The Bertz CT molecular complexity index is 579. The monoisotopic (exact) mass is 239 g/mol. The number of aromatic nitrogens is 2. The number of H-pyrrole nitrogens is 1. The van der Waals surface area contributed by atoms with E-state index in [1.807, 2.05) is 36.4 Å². The molecular formula is C14H13N3O. The van der Waals surface area contributed by atoms with Gasteiger partial charge in [-0.15, -0.1) is 0 Å². The highest BCUT2D eigenvalue weighted by molar-refractivity contribution is 5.95. The number of rotatable bonds is 2. The molecule has 0 spiro atoms. The van der Waals surface area contributed by atoms with Gasteiger partial charge in [0.25, 0.3) is 5.91 Å². The lowest BCUT2D eigenvalue weighted by Gasteiger charge is -2.15. The van der Waals surface area contributed by atoms with Crippen LogP contribution < -0.4 is 0 Å². The number of nitrogens with one attached hydrogen (secondary N) is 1. The third-order valence-electron chi connectivity index (χ3n) is 2.99. The summed E-state index contributed by atoms with van der Waals surface area (Å²) in [5.41, 5.74) is 1.63. The second kappa shape index (κ2) is 4.49. The molecule has 1 aromatic carbocycles. The van der Waals surface area contributed by atoms with Crippen molar-refractivity contribution in [2.75, 3.05) is 13.1 Å². The highest BCUT2D eigenvalue weighted by atomic mass is 16.2. The van der Waals surface area contributed by atoms with Crippen LogP contribution >= 0.6 is 0 Å². The number of benzene rings is 1. The van der Waals surface area contributed by atoms with E-state index in [0.717, 1.165) is 11.4 Å². The van der Waals surface area contributed by atoms with Crippen LogP contribution in [0, 0.1) is 0 Å². The van der Waals surface area contributed by atoms with Crippen LogP contribution in [0.3, 0.4) is 0 Å². The molecule has 0 saturated heterocycles. The second-order valence-electron chi connectivity index (χ2n) is 4.20. The minimum absolute atomic E-state index is 0.0633. The maximum atomic E-state index is 12.2. The zero-order valence-corrected chi connectivity index (χ0v) is 9.84. The molecule has 18 heavy (non-hydrogen) atoms. The zero-order chi connectivity index (χ0) is 12.4. The van der Waals surface area contributed by atoms with Crippen molar-refractivity contribution in [3.05, 3.63) is 54.4 Å². The molecule has 1 amide bonds. The largest absolute Gasteiger partial charge is 0.345 e. The van der Waals surface area contributed by atoms with E-state index in [2.05, 4.69) is 9.97 Å². The van der Waals surface area contributed by atoms with E-state index < -0.39 is 0 Å². The number of amides is 1. The van der Waals surface area contributed by atoms with Crippen molar-refractivity contribution in [2.45, 2.75) is 0 Å². The summed E-state index contributed by atoms with van der Waals surface area (Å²) in [7, 11) is 0. The lowest BCUT2D eigenvalue weighted by atomic mass is 10.1. The number of imidazole rings is 1. The minimum Gasteiger partial charge on any atom is -0.345 e. The van der Waals surface area contributed by atoms with Gasteiger partial charge in [0, 0.05) is 36.6 Å². The van der Waals surface area contributed by atoms with Crippen molar-refractivity contribution in [3.8, 4) is 11.4 Å². The summed E-state index contributed by atoms with van der Waals surface area (Å²) in [6.45, 7) is 1.40. The Morgan fingerprint density at radius 1 is 1.28 bits per heavy atom. The Balaban J connectivity index is 1.89. The SMILES string of the molecule is O=C(c1cccc(-c2ncc[nH]2)c1)N1CC=CC1. The van der Waals surface area contributed by atoms with Gasteiger partial charge < -0.3 is 9.88 Å². The average Bonchev–Trinajstić information content (AvgIpc) is 3.11. The summed E-state index contributed by atoms with van der Waals surface area (Å²) in [6.07, 6.45) is 7.49. The molecule has 0 unspecified atom stereocenters. The Morgan fingerprint density at radius 3 is 2.83 bits per heavy atom. The topological polar surface area (TPSA) is 49.0 Å². The fraction of sp³-hybridized carbons (Fsp3) is 0.143. The van der Waals surface area contributed by atoms with Crippen LogP contribution in [-0.2, 0) is 0 Å². The Morgan fingerprint density at radius 2 is 2.11 bits per heavy atom. The highest BCUT2D eigenvalue weighted by Crippen LogP contribution is 2.17. The quantitative estimate of drug-likeness (QED) is 0.816. The predicted octanol–water partition coefficient (Wildman–Crippen LogP) is 2.09. The summed E-state index contributed by atoms with van der Waals surface area (Å²) >= 11 is 0. The summed E-state index contributed by atoms with van der Waals surface area (Å²) in [4.78, 5) is 21.3. The van der Waals surface area contributed by atoms with E-state index in [-0.39, 0.29) is 5.91 Å². The molecule has 4 nitrogen and oxygen atoms in total. The lowest BCUT2D eigenvalue weighted by molar-refractivity contribution is 0.0800. The molecule has 0 saturated carbocycles. The van der Waals surface area contributed by atoms with Gasteiger partial charge in [0.15, 0.2) is 0 Å². The van der Waals surface area contributed by atoms with Gasteiger partial charge in [0.1, 0.15) is 5.82 Å².